The van der Waals surface area contributed by atoms with Gasteiger partial charge in [0.2, 0.25) is 0 Å². The Morgan fingerprint density at radius 3 is 2.83 bits per heavy atom. The molecule has 2 aromatic rings. The lowest BCUT2D eigenvalue weighted by Crippen LogP contribution is -2.56. The fourth-order valence-electron chi connectivity index (χ4n) is 3.64. The highest BCUT2D eigenvalue weighted by Gasteiger charge is 2.46. The predicted octanol–water partition coefficient (Wildman–Crippen LogP) is 1.02. The van der Waals surface area contributed by atoms with Crippen LogP contribution in [0.2, 0.25) is 0 Å². The standard InChI is InChI=1S/C17H20N4O3/c22-15-10-20(7-6-17(15)5-2-8-24-17)16(23)13-3-1-4-14(9-13)21-11-18-19-12-21/h1,3-4,9,11-12,15,22H,2,5-8,10H2/t15-,17-/m0/s1. The second-order valence-corrected chi connectivity index (χ2v) is 6.45. The van der Waals surface area contributed by atoms with E-state index in [4.69, 9.17) is 4.74 Å². The molecule has 2 fully saturated rings. The van der Waals surface area contributed by atoms with Gasteiger partial charge in [0.1, 0.15) is 18.8 Å². The summed E-state index contributed by atoms with van der Waals surface area (Å²) in [5.74, 6) is -0.0724. The zero-order chi connectivity index (χ0) is 16.6. The molecule has 2 aliphatic rings. The number of benzene rings is 1. The second kappa shape index (κ2) is 5.99. The number of likely N-dealkylation sites (tertiary alicyclic amines) is 1. The van der Waals surface area contributed by atoms with Gasteiger partial charge in [-0.15, -0.1) is 10.2 Å². The first kappa shape index (κ1) is 15.3. The van der Waals surface area contributed by atoms with Crippen LogP contribution >= 0.6 is 0 Å². The number of carbonyl (C=O) groups excluding carboxylic acids is 1. The van der Waals surface area contributed by atoms with Gasteiger partial charge in [-0.05, 0) is 37.5 Å². The third kappa shape index (κ3) is 2.59. The summed E-state index contributed by atoms with van der Waals surface area (Å²) in [5, 5.41) is 18.1. The van der Waals surface area contributed by atoms with E-state index >= 15 is 0 Å². The molecule has 7 nitrogen and oxygen atoms in total. The minimum absolute atomic E-state index is 0.0724. The van der Waals surface area contributed by atoms with Gasteiger partial charge in [-0.2, -0.15) is 0 Å². The maximum atomic E-state index is 12.8. The number of hydrogen-bond donors (Lipinski definition) is 1. The number of hydrogen-bond acceptors (Lipinski definition) is 5. The molecule has 126 valence electrons. The molecule has 24 heavy (non-hydrogen) atoms. The fourth-order valence-corrected chi connectivity index (χ4v) is 3.64. The van der Waals surface area contributed by atoms with Crippen molar-refractivity contribution in [1.29, 1.82) is 0 Å². The summed E-state index contributed by atoms with van der Waals surface area (Å²) >= 11 is 0. The van der Waals surface area contributed by atoms with E-state index in [-0.39, 0.29) is 5.91 Å². The molecule has 2 aliphatic heterocycles. The number of ether oxygens (including phenoxy) is 1. The third-order valence-corrected chi connectivity index (χ3v) is 5.04. The van der Waals surface area contributed by atoms with Gasteiger partial charge in [-0.3, -0.25) is 9.36 Å². The molecule has 0 saturated carbocycles. The van der Waals surface area contributed by atoms with E-state index in [0.29, 0.717) is 31.7 Å². The van der Waals surface area contributed by atoms with Gasteiger partial charge >= 0.3 is 0 Å². The first-order valence-electron chi connectivity index (χ1n) is 8.24. The largest absolute Gasteiger partial charge is 0.388 e. The summed E-state index contributed by atoms with van der Waals surface area (Å²) in [6.45, 7) is 1.62. The normalized spacial score (nSPS) is 26.9. The summed E-state index contributed by atoms with van der Waals surface area (Å²) in [5.41, 5.74) is 0.983. The lowest BCUT2D eigenvalue weighted by molar-refractivity contribution is -0.122. The molecule has 0 aliphatic carbocycles. The van der Waals surface area contributed by atoms with E-state index in [1.54, 1.807) is 28.2 Å². The van der Waals surface area contributed by atoms with E-state index in [1.807, 2.05) is 18.2 Å². The Morgan fingerprint density at radius 2 is 2.12 bits per heavy atom. The molecular weight excluding hydrogens is 308 g/mol. The van der Waals surface area contributed by atoms with Gasteiger partial charge in [0, 0.05) is 30.9 Å². The molecule has 1 aromatic carbocycles. The van der Waals surface area contributed by atoms with Gasteiger partial charge in [0.05, 0.1) is 5.60 Å². The van der Waals surface area contributed by atoms with Crippen LogP contribution in [0.3, 0.4) is 0 Å². The first-order valence-corrected chi connectivity index (χ1v) is 8.24. The van der Waals surface area contributed by atoms with Crippen molar-refractivity contribution in [2.24, 2.45) is 0 Å². The molecule has 0 bridgehead atoms. The molecular formula is C17H20N4O3. The van der Waals surface area contributed by atoms with E-state index in [1.165, 1.54) is 0 Å². The van der Waals surface area contributed by atoms with Crippen molar-refractivity contribution in [1.82, 2.24) is 19.7 Å². The highest BCUT2D eigenvalue weighted by Crippen LogP contribution is 2.36. The maximum absolute atomic E-state index is 12.8. The number of carbonyl (C=O) groups is 1. The van der Waals surface area contributed by atoms with Crippen LogP contribution in [-0.2, 0) is 4.74 Å². The number of rotatable bonds is 2. The smallest absolute Gasteiger partial charge is 0.254 e. The van der Waals surface area contributed by atoms with Crippen LogP contribution in [0.4, 0.5) is 0 Å². The van der Waals surface area contributed by atoms with Crippen LogP contribution in [0, 0.1) is 0 Å². The Morgan fingerprint density at radius 1 is 1.29 bits per heavy atom. The van der Waals surface area contributed by atoms with Crippen LogP contribution in [0.15, 0.2) is 36.9 Å². The maximum Gasteiger partial charge on any atom is 0.254 e. The molecule has 1 N–H and O–H groups in total. The Balaban J connectivity index is 1.51. The fraction of sp³-hybridized carbons (Fsp3) is 0.471. The molecule has 1 spiro atoms. The number of aromatic nitrogens is 3. The van der Waals surface area contributed by atoms with Crippen molar-refractivity contribution in [3.8, 4) is 5.69 Å². The van der Waals surface area contributed by atoms with E-state index in [0.717, 1.165) is 18.5 Å². The van der Waals surface area contributed by atoms with Gasteiger partial charge < -0.3 is 14.7 Å². The predicted molar refractivity (Wildman–Crippen MR) is 85.8 cm³/mol. The van der Waals surface area contributed by atoms with Crippen LogP contribution in [0.1, 0.15) is 29.6 Å². The molecule has 2 atom stereocenters. The summed E-state index contributed by atoms with van der Waals surface area (Å²) in [7, 11) is 0. The molecule has 1 amide bonds. The third-order valence-electron chi connectivity index (χ3n) is 5.04. The SMILES string of the molecule is O=C(c1cccc(-n2cnnc2)c1)N1CC[C@@]2(CCCO2)[C@@H](O)C1. The number of amides is 1. The summed E-state index contributed by atoms with van der Waals surface area (Å²) in [6, 6.07) is 7.34. The van der Waals surface area contributed by atoms with Gasteiger partial charge in [0.15, 0.2) is 0 Å². The minimum Gasteiger partial charge on any atom is -0.388 e. The Hall–Kier alpha value is -2.25. The number of nitrogens with zero attached hydrogens (tertiary/aromatic N) is 4. The molecule has 1 aromatic heterocycles. The van der Waals surface area contributed by atoms with E-state index < -0.39 is 11.7 Å². The summed E-state index contributed by atoms with van der Waals surface area (Å²) in [4.78, 5) is 14.5. The topological polar surface area (TPSA) is 80.5 Å². The molecule has 2 saturated heterocycles. The molecule has 3 heterocycles. The van der Waals surface area contributed by atoms with Gasteiger partial charge in [0.25, 0.3) is 5.91 Å². The van der Waals surface area contributed by atoms with Crippen molar-refractivity contribution >= 4 is 5.91 Å². The lowest BCUT2D eigenvalue weighted by Gasteiger charge is -2.42. The number of β-amino-alcohol motifs (C(OH)–C–C–N with tert-alkyl or cyclic N) is 1. The number of aliphatic hydroxyl groups excluding tert-OH is 1. The van der Waals surface area contributed by atoms with Gasteiger partial charge in [-0.1, -0.05) is 6.07 Å². The summed E-state index contributed by atoms with van der Waals surface area (Å²) in [6.07, 6.45) is 5.10. The molecule has 0 unspecified atom stereocenters. The number of piperidine rings is 1. The first-order chi connectivity index (χ1) is 11.7. The van der Waals surface area contributed by atoms with Crippen molar-refractivity contribution in [2.45, 2.75) is 31.0 Å². The number of aliphatic hydroxyl groups is 1. The lowest BCUT2D eigenvalue weighted by atomic mass is 9.86. The van der Waals surface area contributed by atoms with E-state index in [2.05, 4.69) is 10.2 Å². The minimum atomic E-state index is -0.626. The van der Waals surface area contributed by atoms with Gasteiger partial charge in [-0.25, -0.2) is 0 Å². The molecule has 0 radical (unpaired) electrons. The van der Waals surface area contributed by atoms with Crippen molar-refractivity contribution in [2.75, 3.05) is 19.7 Å². The van der Waals surface area contributed by atoms with Crippen LogP contribution in [0.5, 0.6) is 0 Å². The average Bonchev–Trinajstić information content (AvgIpc) is 3.29. The van der Waals surface area contributed by atoms with Crippen molar-refractivity contribution < 1.29 is 14.6 Å². The zero-order valence-electron chi connectivity index (χ0n) is 13.3. The van der Waals surface area contributed by atoms with Crippen LogP contribution in [0.25, 0.3) is 5.69 Å². The quantitative estimate of drug-likeness (QED) is 0.890. The summed E-state index contributed by atoms with van der Waals surface area (Å²) < 4.78 is 7.54. The average molecular weight is 328 g/mol. The molecule has 4 rings (SSSR count). The molecule has 7 heteroatoms. The highest BCUT2D eigenvalue weighted by molar-refractivity contribution is 5.94. The van der Waals surface area contributed by atoms with Crippen molar-refractivity contribution in [3.05, 3.63) is 42.5 Å². The Kier molecular flexibility index (Phi) is 3.82. The van der Waals surface area contributed by atoms with Crippen LogP contribution in [-0.4, -0.2) is 62.1 Å². The zero-order valence-corrected chi connectivity index (χ0v) is 13.3. The van der Waals surface area contributed by atoms with Crippen molar-refractivity contribution in [3.63, 3.8) is 0 Å². The monoisotopic (exact) mass is 328 g/mol. The Bertz CT molecular complexity index is 725. The second-order valence-electron chi connectivity index (χ2n) is 6.45. The Labute approximate surface area is 139 Å². The van der Waals surface area contributed by atoms with E-state index in [9.17, 15) is 9.90 Å². The van der Waals surface area contributed by atoms with Crippen LogP contribution < -0.4 is 0 Å². The highest BCUT2D eigenvalue weighted by atomic mass is 16.5.